The number of carbonyl (C=O) groups is 1. The topological polar surface area (TPSA) is 46.3 Å². The maximum Gasteiger partial charge on any atom is 0.240 e. The Labute approximate surface area is 93.0 Å². The van der Waals surface area contributed by atoms with E-state index in [-0.39, 0.29) is 11.9 Å². The Bertz CT molecular complexity index is 220. The molecule has 0 aliphatic heterocycles. The number of terminal acetylenes is 1. The number of hydrogen-bond donors (Lipinski definition) is 1. The van der Waals surface area contributed by atoms with Gasteiger partial charge < -0.3 is 10.6 Å². The molecule has 0 radical (unpaired) electrons. The largest absolute Gasteiger partial charge is 0.330 e. The summed E-state index contributed by atoms with van der Waals surface area (Å²) in [6, 6.07) is -0.384. The average molecular weight is 210 g/mol. The summed E-state index contributed by atoms with van der Waals surface area (Å²) in [5.41, 5.74) is 5.80. The van der Waals surface area contributed by atoms with Gasteiger partial charge in [0.25, 0.3) is 0 Å². The molecule has 3 nitrogen and oxygen atoms in total. The molecule has 1 atom stereocenters. The highest BCUT2D eigenvalue weighted by Crippen LogP contribution is 2.03. The van der Waals surface area contributed by atoms with Gasteiger partial charge in [-0.3, -0.25) is 4.79 Å². The first-order valence-corrected chi connectivity index (χ1v) is 5.65. The van der Waals surface area contributed by atoms with Crippen LogP contribution in [-0.2, 0) is 4.79 Å². The van der Waals surface area contributed by atoms with E-state index in [1.807, 2.05) is 6.92 Å². The van der Waals surface area contributed by atoms with E-state index < -0.39 is 0 Å². The normalized spacial score (nSPS) is 11.9. The molecule has 0 aromatic rings. The van der Waals surface area contributed by atoms with Gasteiger partial charge in [-0.2, -0.15) is 0 Å². The Morgan fingerprint density at radius 3 is 2.60 bits per heavy atom. The van der Waals surface area contributed by atoms with Gasteiger partial charge in [-0.25, -0.2) is 0 Å². The zero-order valence-electron chi connectivity index (χ0n) is 9.83. The van der Waals surface area contributed by atoms with Gasteiger partial charge in [-0.1, -0.05) is 32.6 Å². The van der Waals surface area contributed by atoms with Crippen LogP contribution in [0.3, 0.4) is 0 Å². The van der Waals surface area contributed by atoms with Crippen LogP contribution in [0.2, 0.25) is 0 Å². The fourth-order valence-corrected chi connectivity index (χ4v) is 1.43. The SMILES string of the molecule is C#CCN(CCC)C(=O)[C@@H](N)CCCC. The quantitative estimate of drug-likeness (QED) is 0.645. The highest BCUT2D eigenvalue weighted by Gasteiger charge is 2.18. The van der Waals surface area contributed by atoms with Crippen LogP contribution in [-0.4, -0.2) is 29.9 Å². The molecule has 0 bridgehead atoms. The van der Waals surface area contributed by atoms with E-state index in [0.717, 1.165) is 25.7 Å². The number of unbranched alkanes of at least 4 members (excludes halogenated alkanes) is 1. The van der Waals surface area contributed by atoms with Crippen molar-refractivity contribution in [1.82, 2.24) is 4.90 Å². The zero-order chi connectivity index (χ0) is 11.7. The van der Waals surface area contributed by atoms with Crippen LogP contribution in [0, 0.1) is 12.3 Å². The minimum atomic E-state index is -0.384. The summed E-state index contributed by atoms with van der Waals surface area (Å²) in [5, 5.41) is 0. The van der Waals surface area contributed by atoms with Gasteiger partial charge in [0, 0.05) is 6.54 Å². The monoisotopic (exact) mass is 210 g/mol. The van der Waals surface area contributed by atoms with Crippen molar-refractivity contribution in [3.05, 3.63) is 0 Å². The molecule has 15 heavy (non-hydrogen) atoms. The molecule has 0 aliphatic carbocycles. The molecular formula is C12H22N2O. The lowest BCUT2D eigenvalue weighted by Crippen LogP contribution is -2.44. The average Bonchev–Trinajstić information content (AvgIpc) is 2.24. The van der Waals surface area contributed by atoms with E-state index in [4.69, 9.17) is 12.2 Å². The lowest BCUT2D eigenvalue weighted by Gasteiger charge is -2.23. The van der Waals surface area contributed by atoms with Crippen molar-refractivity contribution in [2.24, 2.45) is 5.73 Å². The van der Waals surface area contributed by atoms with Crippen LogP contribution in [0.1, 0.15) is 39.5 Å². The Kier molecular flexibility index (Phi) is 7.75. The smallest absolute Gasteiger partial charge is 0.240 e. The number of carbonyl (C=O) groups excluding carboxylic acids is 1. The molecule has 0 spiro atoms. The number of nitrogens with two attached hydrogens (primary N) is 1. The Morgan fingerprint density at radius 1 is 1.47 bits per heavy atom. The van der Waals surface area contributed by atoms with Crippen LogP contribution in [0.25, 0.3) is 0 Å². The number of hydrogen-bond acceptors (Lipinski definition) is 2. The van der Waals surface area contributed by atoms with Gasteiger partial charge in [0.1, 0.15) is 0 Å². The third kappa shape index (κ3) is 5.44. The summed E-state index contributed by atoms with van der Waals surface area (Å²) in [6.07, 6.45) is 8.92. The van der Waals surface area contributed by atoms with Crippen LogP contribution >= 0.6 is 0 Å². The molecule has 86 valence electrons. The first-order valence-electron chi connectivity index (χ1n) is 5.65. The number of rotatable bonds is 7. The molecule has 0 heterocycles. The van der Waals surface area contributed by atoms with Crippen molar-refractivity contribution >= 4 is 5.91 Å². The molecule has 0 fully saturated rings. The van der Waals surface area contributed by atoms with Crippen LogP contribution < -0.4 is 5.73 Å². The molecule has 0 aliphatic rings. The van der Waals surface area contributed by atoms with Gasteiger partial charge in [0.05, 0.1) is 12.6 Å². The van der Waals surface area contributed by atoms with E-state index in [2.05, 4.69) is 12.8 Å². The Morgan fingerprint density at radius 2 is 2.13 bits per heavy atom. The number of nitrogens with zero attached hydrogens (tertiary/aromatic N) is 1. The van der Waals surface area contributed by atoms with Gasteiger partial charge >= 0.3 is 0 Å². The number of amides is 1. The summed E-state index contributed by atoms with van der Waals surface area (Å²) < 4.78 is 0. The first kappa shape index (κ1) is 14.0. The van der Waals surface area contributed by atoms with Crippen molar-refractivity contribution in [1.29, 1.82) is 0 Å². The van der Waals surface area contributed by atoms with Crippen LogP contribution in [0.4, 0.5) is 0 Å². The molecule has 0 saturated heterocycles. The van der Waals surface area contributed by atoms with Crippen molar-refractivity contribution in [2.75, 3.05) is 13.1 Å². The molecule has 3 heteroatoms. The summed E-state index contributed by atoms with van der Waals surface area (Å²) in [7, 11) is 0. The fraction of sp³-hybridized carbons (Fsp3) is 0.750. The van der Waals surface area contributed by atoms with Crippen molar-refractivity contribution in [3.63, 3.8) is 0 Å². The van der Waals surface area contributed by atoms with Crippen molar-refractivity contribution in [2.45, 2.75) is 45.6 Å². The Balaban J connectivity index is 4.16. The minimum absolute atomic E-state index is 0.0109. The van der Waals surface area contributed by atoms with Gasteiger partial charge in [0.2, 0.25) is 5.91 Å². The second-order valence-electron chi connectivity index (χ2n) is 3.71. The van der Waals surface area contributed by atoms with E-state index >= 15 is 0 Å². The van der Waals surface area contributed by atoms with Gasteiger partial charge in [0.15, 0.2) is 0 Å². The summed E-state index contributed by atoms with van der Waals surface area (Å²) in [5.74, 6) is 2.48. The lowest BCUT2D eigenvalue weighted by atomic mass is 10.1. The first-order chi connectivity index (χ1) is 7.17. The molecule has 0 aromatic heterocycles. The standard InChI is InChI=1S/C12H22N2O/c1-4-7-8-11(13)12(15)14(9-5-2)10-6-3/h2,11H,4,6-10,13H2,1,3H3/t11-/m0/s1. The highest BCUT2D eigenvalue weighted by molar-refractivity contribution is 5.81. The second-order valence-corrected chi connectivity index (χ2v) is 3.71. The molecule has 0 unspecified atom stereocenters. The maximum absolute atomic E-state index is 11.8. The molecule has 2 N–H and O–H groups in total. The van der Waals surface area contributed by atoms with Crippen molar-refractivity contribution < 1.29 is 4.79 Å². The van der Waals surface area contributed by atoms with Crippen LogP contribution in [0.15, 0.2) is 0 Å². The predicted octanol–water partition coefficient (Wildman–Crippen LogP) is 1.38. The van der Waals surface area contributed by atoms with Gasteiger partial charge in [-0.15, -0.1) is 6.42 Å². The summed E-state index contributed by atoms with van der Waals surface area (Å²) in [6.45, 7) is 5.17. The minimum Gasteiger partial charge on any atom is -0.330 e. The molecule has 1 amide bonds. The molecular weight excluding hydrogens is 188 g/mol. The second kappa shape index (κ2) is 8.31. The van der Waals surface area contributed by atoms with E-state index in [1.165, 1.54) is 0 Å². The third-order valence-corrected chi connectivity index (χ3v) is 2.27. The molecule has 0 rings (SSSR count). The van der Waals surface area contributed by atoms with E-state index in [1.54, 1.807) is 4.90 Å². The summed E-state index contributed by atoms with van der Waals surface area (Å²) >= 11 is 0. The zero-order valence-corrected chi connectivity index (χ0v) is 9.83. The predicted molar refractivity (Wildman–Crippen MR) is 63.2 cm³/mol. The van der Waals surface area contributed by atoms with E-state index in [0.29, 0.717) is 13.1 Å². The maximum atomic E-state index is 11.8. The van der Waals surface area contributed by atoms with Gasteiger partial charge in [-0.05, 0) is 12.8 Å². The summed E-state index contributed by atoms with van der Waals surface area (Å²) in [4.78, 5) is 13.5. The molecule has 0 saturated carbocycles. The van der Waals surface area contributed by atoms with E-state index in [9.17, 15) is 4.79 Å². The Hall–Kier alpha value is -1.01. The highest BCUT2D eigenvalue weighted by atomic mass is 16.2. The van der Waals surface area contributed by atoms with Crippen molar-refractivity contribution in [3.8, 4) is 12.3 Å². The fourth-order valence-electron chi connectivity index (χ4n) is 1.43. The lowest BCUT2D eigenvalue weighted by molar-refractivity contribution is -0.132. The third-order valence-electron chi connectivity index (χ3n) is 2.27. The van der Waals surface area contributed by atoms with Crippen LogP contribution in [0.5, 0.6) is 0 Å². The molecule has 0 aromatic carbocycles.